The highest BCUT2D eigenvalue weighted by Gasteiger charge is 2.15. The van der Waals surface area contributed by atoms with Crippen molar-refractivity contribution < 1.29 is 4.79 Å². The smallest absolute Gasteiger partial charge is 0.236 e. The Morgan fingerprint density at radius 3 is 2.76 bits per heavy atom. The summed E-state index contributed by atoms with van der Waals surface area (Å²) in [6, 6.07) is 9.44. The zero-order valence-electron chi connectivity index (χ0n) is 10.2. The lowest BCUT2D eigenvalue weighted by molar-refractivity contribution is -0.132. The summed E-state index contributed by atoms with van der Waals surface area (Å²) in [7, 11) is 0. The first kappa shape index (κ1) is 13.2. The van der Waals surface area contributed by atoms with Gasteiger partial charge in [-0.3, -0.25) is 4.79 Å². The number of amides is 1. The van der Waals surface area contributed by atoms with Crippen LogP contribution in [0.3, 0.4) is 0 Å². The first-order valence-corrected chi connectivity index (χ1v) is 5.57. The lowest BCUT2D eigenvalue weighted by atomic mass is 10.1. The third kappa shape index (κ3) is 3.58. The zero-order valence-corrected chi connectivity index (χ0v) is 10.2. The van der Waals surface area contributed by atoms with Crippen LogP contribution in [-0.2, 0) is 11.3 Å². The molecule has 4 heteroatoms. The number of carbonyl (C=O) groups excluding carboxylic acids is 1. The molecule has 0 aliphatic rings. The molecular formula is C13H17N3O. The Hall–Kier alpha value is -1.86. The number of carbonyl (C=O) groups is 1. The molecule has 2 N–H and O–H groups in total. The quantitative estimate of drug-likeness (QED) is 0.847. The standard InChI is InChI=1S/C13H17N3O/c1-10(2)16(13(17)8-15)9-12-5-3-4-11(6-12)7-14/h3-6,10H,8-9,15H2,1-2H3. The van der Waals surface area contributed by atoms with Crippen molar-refractivity contribution in [1.82, 2.24) is 4.90 Å². The van der Waals surface area contributed by atoms with E-state index in [0.29, 0.717) is 12.1 Å². The number of nitriles is 1. The van der Waals surface area contributed by atoms with Gasteiger partial charge in [-0.1, -0.05) is 12.1 Å². The first-order chi connectivity index (χ1) is 8.08. The van der Waals surface area contributed by atoms with Crippen LogP contribution in [0.15, 0.2) is 24.3 Å². The molecule has 1 rings (SSSR count). The SMILES string of the molecule is CC(C)N(Cc1cccc(C#N)c1)C(=O)CN. The predicted octanol–water partition coefficient (Wildman–Crippen LogP) is 1.25. The molecule has 0 saturated heterocycles. The molecule has 0 unspecified atom stereocenters. The molecule has 0 aromatic heterocycles. The lowest BCUT2D eigenvalue weighted by Gasteiger charge is -2.26. The van der Waals surface area contributed by atoms with Crippen molar-refractivity contribution in [3.63, 3.8) is 0 Å². The van der Waals surface area contributed by atoms with E-state index in [4.69, 9.17) is 11.0 Å². The summed E-state index contributed by atoms with van der Waals surface area (Å²) in [6.45, 7) is 4.39. The van der Waals surface area contributed by atoms with E-state index >= 15 is 0 Å². The topological polar surface area (TPSA) is 70.1 Å². The van der Waals surface area contributed by atoms with Gasteiger partial charge in [0.15, 0.2) is 0 Å². The summed E-state index contributed by atoms with van der Waals surface area (Å²) in [4.78, 5) is 13.4. The van der Waals surface area contributed by atoms with Crippen LogP contribution < -0.4 is 5.73 Å². The number of benzene rings is 1. The summed E-state index contributed by atoms with van der Waals surface area (Å²) in [5.74, 6) is -0.0811. The van der Waals surface area contributed by atoms with Crippen LogP contribution in [-0.4, -0.2) is 23.4 Å². The minimum Gasteiger partial charge on any atom is -0.335 e. The molecule has 0 atom stereocenters. The fourth-order valence-corrected chi connectivity index (χ4v) is 1.61. The summed E-state index contributed by atoms with van der Waals surface area (Å²) in [6.07, 6.45) is 0. The predicted molar refractivity (Wildman–Crippen MR) is 65.9 cm³/mol. The Bertz CT molecular complexity index is 435. The van der Waals surface area contributed by atoms with Crippen molar-refractivity contribution in [2.45, 2.75) is 26.4 Å². The maximum Gasteiger partial charge on any atom is 0.236 e. The monoisotopic (exact) mass is 231 g/mol. The fraction of sp³-hybridized carbons (Fsp3) is 0.385. The number of nitrogens with zero attached hydrogens (tertiary/aromatic N) is 2. The van der Waals surface area contributed by atoms with Crippen molar-refractivity contribution in [3.8, 4) is 6.07 Å². The van der Waals surface area contributed by atoms with Crippen LogP contribution in [0.2, 0.25) is 0 Å². The second-order valence-electron chi connectivity index (χ2n) is 4.13. The van der Waals surface area contributed by atoms with Crippen LogP contribution in [0, 0.1) is 11.3 Å². The van der Waals surface area contributed by atoms with Crippen molar-refractivity contribution >= 4 is 5.91 Å². The van der Waals surface area contributed by atoms with Crippen molar-refractivity contribution in [2.75, 3.05) is 6.54 Å². The van der Waals surface area contributed by atoms with Gasteiger partial charge in [0.05, 0.1) is 18.2 Å². The minimum atomic E-state index is -0.0811. The van der Waals surface area contributed by atoms with Gasteiger partial charge in [-0.25, -0.2) is 0 Å². The van der Waals surface area contributed by atoms with Crippen LogP contribution >= 0.6 is 0 Å². The molecule has 1 aromatic rings. The third-order valence-electron chi connectivity index (χ3n) is 2.53. The highest BCUT2D eigenvalue weighted by Crippen LogP contribution is 2.10. The van der Waals surface area contributed by atoms with Gasteiger partial charge < -0.3 is 10.6 Å². The molecule has 0 heterocycles. The van der Waals surface area contributed by atoms with Crippen molar-refractivity contribution in [1.29, 1.82) is 5.26 Å². The van der Waals surface area contributed by atoms with E-state index in [1.54, 1.807) is 17.0 Å². The summed E-state index contributed by atoms with van der Waals surface area (Å²) in [5.41, 5.74) is 6.92. The van der Waals surface area contributed by atoms with Gasteiger partial charge in [-0.15, -0.1) is 0 Å². The number of rotatable bonds is 4. The molecule has 0 saturated carbocycles. The Morgan fingerprint density at radius 1 is 1.53 bits per heavy atom. The highest BCUT2D eigenvalue weighted by atomic mass is 16.2. The van der Waals surface area contributed by atoms with Crippen molar-refractivity contribution in [3.05, 3.63) is 35.4 Å². The van der Waals surface area contributed by atoms with E-state index in [1.165, 1.54) is 0 Å². The molecule has 0 radical (unpaired) electrons. The second kappa shape index (κ2) is 6.02. The molecule has 0 aliphatic carbocycles. The summed E-state index contributed by atoms with van der Waals surface area (Å²) in [5, 5.41) is 8.81. The number of hydrogen-bond acceptors (Lipinski definition) is 3. The molecule has 4 nitrogen and oxygen atoms in total. The lowest BCUT2D eigenvalue weighted by Crippen LogP contribution is -2.40. The Balaban J connectivity index is 2.86. The normalized spacial score (nSPS) is 10.1. The average Bonchev–Trinajstić information content (AvgIpc) is 2.35. The van der Waals surface area contributed by atoms with E-state index in [9.17, 15) is 4.79 Å². The average molecular weight is 231 g/mol. The van der Waals surface area contributed by atoms with Gasteiger partial charge in [-0.2, -0.15) is 5.26 Å². The highest BCUT2D eigenvalue weighted by molar-refractivity contribution is 5.78. The van der Waals surface area contributed by atoms with Crippen LogP contribution in [0.1, 0.15) is 25.0 Å². The molecule has 0 bridgehead atoms. The Kier molecular flexibility index (Phi) is 4.68. The number of nitrogens with two attached hydrogens (primary N) is 1. The van der Waals surface area contributed by atoms with Gasteiger partial charge in [0.1, 0.15) is 0 Å². The minimum absolute atomic E-state index is 0.0100. The van der Waals surface area contributed by atoms with E-state index in [0.717, 1.165) is 5.56 Å². The third-order valence-corrected chi connectivity index (χ3v) is 2.53. The number of hydrogen-bond donors (Lipinski definition) is 1. The molecular weight excluding hydrogens is 214 g/mol. The fourth-order valence-electron chi connectivity index (χ4n) is 1.61. The summed E-state index contributed by atoms with van der Waals surface area (Å²) < 4.78 is 0. The Labute approximate surface area is 102 Å². The van der Waals surface area contributed by atoms with Crippen LogP contribution in [0.4, 0.5) is 0 Å². The molecule has 0 aliphatic heterocycles. The van der Waals surface area contributed by atoms with E-state index in [-0.39, 0.29) is 18.5 Å². The molecule has 1 aromatic carbocycles. The zero-order chi connectivity index (χ0) is 12.8. The van der Waals surface area contributed by atoms with Gasteiger partial charge in [0, 0.05) is 12.6 Å². The maximum atomic E-state index is 11.6. The largest absolute Gasteiger partial charge is 0.335 e. The molecule has 1 amide bonds. The van der Waals surface area contributed by atoms with Gasteiger partial charge in [-0.05, 0) is 31.5 Å². The summed E-state index contributed by atoms with van der Waals surface area (Å²) >= 11 is 0. The second-order valence-corrected chi connectivity index (χ2v) is 4.13. The van der Waals surface area contributed by atoms with Gasteiger partial charge in [0.25, 0.3) is 0 Å². The van der Waals surface area contributed by atoms with E-state index in [2.05, 4.69) is 6.07 Å². The molecule has 0 fully saturated rings. The molecule has 0 spiro atoms. The van der Waals surface area contributed by atoms with E-state index < -0.39 is 0 Å². The van der Waals surface area contributed by atoms with Gasteiger partial charge >= 0.3 is 0 Å². The first-order valence-electron chi connectivity index (χ1n) is 5.57. The van der Waals surface area contributed by atoms with Crippen LogP contribution in [0.5, 0.6) is 0 Å². The molecule has 90 valence electrons. The van der Waals surface area contributed by atoms with E-state index in [1.807, 2.05) is 26.0 Å². The Morgan fingerprint density at radius 2 is 2.24 bits per heavy atom. The molecule has 17 heavy (non-hydrogen) atoms. The maximum absolute atomic E-state index is 11.6. The van der Waals surface area contributed by atoms with Crippen molar-refractivity contribution in [2.24, 2.45) is 5.73 Å². The van der Waals surface area contributed by atoms with Gasteiger partial charge in [0.2, 0.25) is 5.91 Å². The van der Waals surface area contributed by atoms with Crippen LogP contribution in [0.25, 0.3) is 0 Å².